The molecule has 0 amide bonds. The van der Waals surface area contributed by atoms with Crippen LogP contribution in [0.4, 0.5) is 30.7 Å². The summed E-state index contributed by atoms with van der Waals surface area (Å²) in [4.78, 5) is -3.36. The molecule has 0 aromatic heterocycles. The number of sulfonamides is 2. The fourth-order valence-electron chi connectivity index (χ4n) is 2.95. The zero-order chi connectivity index (χ0) is 23.3. The Bertz CT molecular complexity index is 1090. The van der Waals surface area contributed by atoms with Crippen LogP contribution in [-0.2, 0) is 29.2 Å². The van der Waals surface area contributed by atoms with Crippen molar-refractivity contribution in [3.8, 4) is 0 Å². The van der Waals surface area contributed by atoms with Crippen molar-refractivity contribution < 1.29 is 48.3 Å². The monoisotopic (exact) mass is 492 g/mol. The van der Waals surface area contributed by atoms with E-state index in [1.165, 1.54) is 0 Å². The number of halogens is 7. The molecule has 0 aliphatic carbocycles. The summed E-state index contributed by atoms with van der Waals surface area (Å²) in [5, 5.41) is 0. The molecule has 15 heteroatoms. The Morgan fingerprint density at radius 2 is 0.935 bits per heavy atom. The second-order valence-electron chi connectivity index (χ2n) is 6.26. The molecule has 2 aromatic carbocycles. The third kappa shape index (κ3) is 3.89. The normalized spacial score (nSPS) is 19.8. The van der Waals surface area contributed by atoms with Gasteiger partial charge in [-0.1, -0.05) is 14.5 Å². The van der Waals surface area contributed by atoms with Gasteiger partial charge in [-0.05, 0) is 12.1 Å². The highest BCUT2D eigenvalue weighted by Crippen LogP contribution is 2.34. The molecular weight excluding hydrogens is 481 g/mol. The SMILES string of the molecule is O=[S+]([O-])(c1c(F)cccc1F)N1CCN([S+](=O)([O-])c2c(F)c(F)c(F)c(F)c2F)CC1. The van der Waals surface area contributed by atoms with E-state index < -0.39 is 97.5 Å². The minimum Gasteiger partial charge on any atom is -0.593 e. The first kappa shape index (κ1) is 23.7. The molecule has 1 aliphatic heterocycles. The number of rotatable bonds is 4. The molecule has 2 aromatic rings. The summed E-state index contributed by atoms with van der Waals surface area (Å²) >= 11 is 0. The van der Waals surface area contributed by atoms with Crippen molar-refractivity contribution in [2.45, 2.75) is 9.79 Å². The molecule has 0 saturated carbocycles. The number of hydrogen-bond donors (Lipinski definition) is 0. The molecule has 2 unspecified atom stereocenters. The van der Waals surface area contributed by atoms with E-state index in [4.69, 9.17) is 0 Å². The van der Waals surface area contributed by atoms with E-state index in [9.17, 15) is 48.3 Å². The van der Waals surface area contributed by atoms with Crippen LogP contribution < -0.4 is 0 Å². The summed E-state index contributed by atoms with van der Waals surface area (Å²) < 4.78 is 146. The van der Waals surface area contributed by atoms with Gasteiger partial charge in [0.15, 0.2) is 32.4 Å². The van der Waals surface area contributed by atoms with Gasteiger partial charge in [0, 0.05) is 0 Å². The number of nitrogens with zero attached hydrogens (tertiary/aromatic N) is 2. The van der Waals surface area contributed by atoms with E-state index in [2.05, 4.69) is 0 Å². The highest BCUT2D eigenvalue weighted by molar-refractivity contribution is 7.96. The van der Waals surface area contributed by atoms with Crippen LogP contribution >= 0.6 is 0 Å². The summed E-state index contributed by atoms with van der Waals surface area (Å²) in [6.45, 7) is -2.97. The Kier molecular flexibility index (Phi) is 6.29. The van der Waals surface area contributed by atoms with Crippen molar-refractivity contribution >= 4 is 20.8 Å². The lowest BCUT2D eigenvalue weighted by molar-refractivity contribution is 0.237. The van der Waals surface area contributed by atoms with Crippen LogP contribution in [0.1, 0.15) is 0 Å². The van der Waals surface area contributed by atoms with E-state index in [1.807, 2.05) is 0 Å². The maximum atomic E-state index is 13.9. The van der Waals surface area contributed by atoms with Gasteiger partial charge in [-0.25, -0.2) is 22.0 Å². The molecule has 1 heterocycles. The molecule has 1 saturated heterocycles. The van der Waals surface area contributed by atoms with Gasteiger partial charge >= 0.3 is 0 Å². The molecule has 6 nitrogen and oxygen atoms in total. The smallest absolute Gasteiger partial charge is 0.252 e. The second-order valence-corrected chi connectivity index (χ2v) is 10.0. The summed E-state index contributed by atoms with van der Waals surface area (Å²) in [6, 6.07) is 2.32. The van der Waals surface area contributed by atoms with Gasteiger partial charge in [0.2, 0.25) is 34.0 Å². The van der Waals surface area contributed by atoms with Gasteiger partial charge in [0.1, 0.15) is 0 Å². The van der Waals surface area contributed by atoms with Gasteiger partial charge in [-0.2, -0.15) is 8.78 Å². The Balaban J connectivity index is 1.89. The molecule has 1 aliphatic rings. The van der Waals surface area contributed by atoms with Crippen molar-refractivity contribution in [1.29, 1.82) is 0 Å². The summed E-state index contributed by atoms with van der Waals surface area (Å²) in [7, 11) is -10.0. The molecule has 1 fully saturated rings. The Labute approximate surface area is 173 Å². The zero-order valence-corrected chi connectivity index (χ0v) is 16.7. The Morgan fingerprint density at radius 3 is 1.32 bits per heavy atom. The summed E-state index contributed by atoms with van der Waals surface area (Å²) in [5.74, 6) is -15.4. The number of benzene rings is 2. The van der Waals surface area contributed by atoms with Crippen LogP contribution in [0.2, 0.25) is 0 Å². The van der Waals surface area contributed by atoms with Gasteiger partial charge < -0.3 is 9.11 Å². The fraction of sp³-hybridized carbons (Fsp3) is 0.250. The third-order valence-electron chi connectivity index (χ3n) is 4.48. The van der Waals surface area contributed by atoms with Crippen LogP contribution in [0.3, 0.4) is 0 Å². The molecular formula is C16H11F7N2O4S2. The van der Waals surface area contributed by atoms with Gasteiger partial charge in [0.25, 0.3) is 4.90 Å². The fourth-order valence-corrected chi connectivity index (χ4v) is 6.01. The Morgan fingerprint density at radius 1 is 0.613 bits per heavy atom. The Hall–Kier alpha value is -1.91. The average Bonchev–Trinajstić information content (AvgIpc) is 2.70. The van der Waals surface area contributed by atoms with Crippen LogP contribution in [0.25, 0.3) is 0 Å². The quantitative estimate of drug-likeness (QED) is 0.284. The highest BCUT2D eigenvalue weighted by Gasteiger charge is 2.46. The van der Waals surface area contributed by atoms with E-state index in [1.54, 1.807) is 0 Å². The van der Waals surface area contributed by atoms with Crippen molar-refractivity contribution in [2.24, 2.45) is 0 Å². The maximum absolute atomic E-state index is 13.9. The van der Waals surface area contributed by atoms with Crippen molar-refractivity contribution in [2.75, 3.05) is 26.2 Å². The highest BCUT2D eigenvalue weighted by atomic mass is 32.3. The molecule has 170 valence electrons. The lowest BCUT2D eigenvalue weighted by Gasteiger charge is -2.36. The van der Waals surface area contributed by atoms with E-state index in [0.717, 1.165) is 6.07 Å². The van der Waals surface area contributed by atoms with Crippen LogP contribution in [-0.4, -0.2) is 43.9 Å². The standard InChI is InChI=1S/C16H11F7N2O4S2/c17-8-2-1-3-9(18)15(8)30(26,27)24-4-6-25(7-5-24)31(28,29)16-13(22)11(20)10(19)12(21)14(16)23/h1-3H,4-7H2. The number of hydrogen-bond acceptors (Lipinski definition) is 4. The van der Waals surface area contributed by atoms with E-state index >= 15 is 0 Å². The second kappa shape index (κ2) is 8.22. The first-order chi connectivity index (χ1) is 14.3. The molecule has 0 spiro atoms. The molecule has 0 bridgehead atoms. The van der Waals surface area contributed by atoms with Crippen molar-refractivity contribution in [3.05, 3.63) is 58.9 Å². The van der Waals surface area contributed by atoms with Gasteiger partial charge in [-0.15, -0.1) is 8.61 Å². The summed E-state index contributed by atoms with van der Waals surface area (Å²) in [6.07, 6.45) is 0. The topological polar surface area (TPSA) is 86.7 Å². The third-order valence-corrected chi connectivity index (χ3v) is 8.35. The molecule has 0 radical (unpaired) electrons. The van der Waals surface area contributed by atoms with E-state index in [0.29, 0.717) is 20.7 Å². The first-order valence-electron chi connectivity index (χ1n) is 8.27. The van der Waals surface area contributed by atoms with E-state index in [-0.39, 0.29) is 0 Å². The first-order valence-corrected chi connectivity index (χ1v) is 11.2. The zero-order valence-electron chi connectivity index (χ0n) is 15.1. The van der Waals surface area contributed by atoms with Crippen LogP contribution in [0.5, 0.6) is 0 Å². The largest absolute Gasteiger partial charge is 0.593 e. The minimum atomic E-state index is -5.27. The predicted molar refractivity (Wildman–Crippen MR) is 89.9 cm³/mol. The molecule has 2 atom stereocenters. The summed E-state index contributed by atoms with van der Waals surface area (Å²) in [5.41, 5.74) is 0. The van der Waals surface area contributed by atoms with Crippen LogP contribution in [0.15, 0.2) is 28.0 Å². The van der Waals surface area contributed by atoms with Gasteiger partial charge in [0.05, 0.1) is 26.2 Å². The lowest BCUT2D eigenvalue weighted by Crippen LogP contribution is -2.54. The predicted octanol–water partition coefficient (Wildman–Crippen LogP) is 2.79. The maximum Gasteiger partial charge on any atom is 0.252 e. The number of piperazine rings is 1. The lowest BCUT2D eigenvalue weighted by atomic mass is 10.3. The van der Waals surface area contributed by atoms with Crippen molar-refractivity contribution in [1.82, 2.24) is 8.61 Å². The van der Waals surface area contributed by atoms with Crippen molar-refractivity contribution in [3.63, 3.8) is 0 Å². The minimum absolute atomic E-state index is 0.301. The molecule has 3 rings (SSSR count). The molecule has 31 heavy (non-hydrogen) atoms. The molecule has 0 N–H and O–H groups in total. The average molecular weight is 492 g/mol. The van der Waals surface area contributed by atoms with Gasteiger partial charge in [-0.3, -0.25) is 0 Å². The van der Waals surface area contributed by atoms with Crippen LogP contribution in [0, 0.1) is 40.7 Å².